The number of carbonyl (C=O) groups is 1. The summed E-state index contributed by atoms with van der Waals surface area (Å²) in [5.74, 6) is 2.06. The highest BCUT2D eigenvalue weighted by atomic mass is 16.5. The number of hydrogen-bond donors (Lipinski definition) is 1. The number of nitrogens with zero attached hydrogens (tertiary/aromatic N) is 1. The monoisotopic (exact) mass is 211 g/mol. The molecule has 84 valence electrons. The summed E-state index contributed by atoms with van der Waals surface area (Å²) in [7, 11) is 0. The first-order chi connectivity index (χ1) is 7.15. The molecule has 1 rings (SSSR count). The van der Waals surface area contributed by atoms with Gasteiger partial charge >= 0.3 is 5.97 Å². The largest absolute Gasteiger partial charge is 0.480 e. The van der Waals surface area contributed by atoms with Crippen LogP contribution in [0.3, 0.4) is 0 Å². The fourth-order valence-corrected chi connectivity index (χ4v) is 1.87. The van der Waals surface area contributed by atoms with Crippen LogP contribution in [0.2, 0.25) is 0 Å². The number of hydrogen-bond acceptors (Lipinski definition) is 3. The van der Waals surface area contributed by atoms with Gasteiger partial charge in [0, 0.05) is 12.6 Å². The molecule has 0 aromatic carbocycles. The van der Waals surface area contributed by atoms with Crippen LogP contribution in [0.15, 0.2) is 0 Å². The van der Waals surface area contributed by atoms with Crippen LogP contribution in [0.1, 0.15) is 13.3 Å². The van der Waals surface area contributed by atoms with Crippen molar-refractivity contribution >= 4 is 5.97 Å². The van der Waals surface area contributed by atoms with Crippen LogP contribution in [0.5, 0.6) is 0 Å². The highest BCUT2D eigenvalue weighted by Crippen LogP contribution is 2.20. The highest BCUT2D eigenvalue weighted by Gasteiger charge is 2.27. The Balaban J connectivity index is 2.53. The lowest BCUT2D eigenvalue weighted by molar-refractivity contribution is -0.138. The average Bonchev–Trinajstić information content (AvgIpc) is 2.68. The highest BCUT2D eigenvalue weighted by molar-refractivity contribution is 5.69. The van der Waals surface area contributed by atoms with Gasteiger partial charge in [0.1, 0.15) is 0 Å². The van der Waals surface area contributed by atoms with E-state index in [-0.39, 0.29) is 12.6 Å². The molecule has 0 aromatic rings. The third kappa shape index (κ3) is 3.54. The summed E-state index contributed by atoms with van der Waals surface area (Å²) in [4.78, 5) is 12.5. The standard InChI is InChI=1S/C11H17NO3/c1-3-5-12(7-11(13)14)9(2)10-4-6-15-8-10/h1,9-10H,4-8H2,2H3,(H,13,14). The van der Waals surface area contributed by atoms with Crippen molar-refractivity contribution in [1.29, 1.82) is 0 Å². The minimum Gasteiger partial charge on any atom is -0.480 e. The summed E-state index contributed by atoms with van der Waals surface area (Å²) in [6, 6.07) is 0.166. The third-order valence-electron chi connectivity index (χ3n) is 2.86. The molecule has 4 nitrogen and oxygen atoms in total. The maximum Gasteiger partial charge on any atom is 0.317 e. The van der Waals surface area contributed by atoms with E-state index in [1.54, 1.807) is 0 Å². The molecule has 2 unspecified atom stereocenters. The number of aliphatic carboxylic acids is 1. The molecule has 0 amide bonds. The molecule has 0 aromatic heterocycles. The zero-order valence-electron chi connectivity index (χ0n) is 8.98. The Bertz CT molecular complexity index is 253. The molecular formula is C11H17NO3. The van der Waals surface area contributed by atoms with E-state index in [0.29, 0.717) is 19.1 Å². The molecule has 0 spiro atoms. The van der Waals surface area contributed by atoms with E-state index in [2.05, 4.69) is 5.92 Å². The zero-order chi connectivity index (χ0) is 11.3. The van der Waals surface area contributed by atoms with Crippen molar-refractivity contribution in [2.75, 3.05) is 26.3 Å². The van der Waals surface area contributed by atoms with Crippen molar-refractivity contribution < 1.29 is 14.6 Å². The van der Waals surface area contributed by atoms with Gasteiger partial charge in [-0.15, -0.1) is 6.42 Å². The lowest BCUT2D eigenvalue weighted by Crippen LogP contribution is -2.42. The van der Waals surface area contributed by atoms with Gasteiger partial charge in [0.2, 0.25) is 0 Å². The molecule has 0 aliphatic carbocycles. The molecule has 15 heavy (non-hydrogen) atoms. The van der Waals surface area contributed by atoms with Crippen molar-refractivity contribution in [1.82, 2.24) is 4.90 Å². The number of carboxylic acids is 1. The van der Waals surface area contributed by atoms with Crippen LogP contribution in [-0.2, 0) is 9.53 Å². The minimum atomic E-state index is -0.837. The lowest BCUT2D eigenvalue weighted by Gasteiger charge is -2.29. The first kappa shape index (κ1) is 12.0. The van der Waals surface area contributed by atoms with Crippen molar-refractivity contribution in [2.24, 2.45) is 5.92 Å². The quantitative estimate of drug-likeness (QED) is 0.670. The Morgan fingerprint density at radius 2 is 2.53 bits per heavy atom. The van der Waals surface area contributed by atoms with E-state index < -0.39 is 5.97 Å². The van der Waals surface area contributed by atoms with E-state index in [1.807, 2.05) is 11.8 Å². The molecule has 1 saturated heterocycles. The molecule has 1 aliphatic rings. The second-order valence-electron chi connectivity index (χ2n) is 3.87. The lowest BCUT2D eigenvalue weighted by atomic mass is 9.99. The third-order valence-corrected chi connectivity index (χ3v) is 2.86. The molecule has 1 fully saturated rings. The molecule has 0 radical (unpaired) electrons. The Kier molecular flexibility index (Phi) is 4.60. The first-order valence-corrected chi connectivity index (χ1v) is 5.12. The normalized spacial score (nSPS) is 22.6. The van der Waals surface area contributed by atoms with Crippen LogP contribution in [0.25, 0.3) is 0 Å². The fraction of sp³-hybridized carbons (Fsp3) is 0.727. The van der Waals surface area contributed by atoms with Gasteiger partial charge in [-0.05, 0) is 19.3 Å². The molecule has 1 N–H and O–H groups in total. The second-order valence-corrected chi connectivity index (χ2v) is 3.87. The van der Waals surface area contributed by atoms with Gasteiger partial charge in [-0.1, -0.05) is 5.92 Å². The molecule has 2 atom stereocenters. The Hall–Kier alpha value is -1.05. The number of rotatable bonds is 5. The summed E-state index contributed by atoms with van der Waals surface area (Å²) in [6.07, 6.45) is 6.21. The Morgan fingerprint density at radius 3 is 3.00 bits per heavy atom. The average molecular weight is 211 g/mol. The topological polar surface area (TPSA) is 49.8 Å². The molecule has 1 heterocycles. The molecule has 4 heteroatoms. The van der Waals surface area contributed by atoms with Crippen LogP contribution < -0.4 is 0 Å². The van der Waals surface area contributed by atoms with Gasteiger partial charge in [0.15, 0.2) is 0 Å². The first-order valence-electron chi connectivity index (χ1n) is 5.12. The van der Waals surface area contributed by atoms with Gasteiger partial charge in [-0.25, -0.2) is 0 Å². The van der Waals surface area contributed by atoms with Gasteiger partial charge in [-0.3, -0.25) is 9.69 Å². The van der Waals surface area contributed by atoms with Crippen molar-refractivity contribution in [2.45, 2.75) is 19.4 Å². The fourth-order valence-electron chi connectivity index (χ4n) is 1.87. The van der Waals surface area contributed by atoms with Crippen molar-refractivity contribution in [3.63, 3.8) is 0 Å². The molecular weight excluding hydrogens is 194 g/mol. The van der Waals surface area contributed by atoms with Crippen LogP contribution in [-0.4, -0.2) is 48.3 Å². The van der Waals surface area contributed by atoms with Crippen LogP contribution in [0, 0.1) is 18.3 Å². The SMILES string of the molecule is C#CCN(CC(=O)O)C(C)C1CCOC1. The van der Waals surface area contributed by atoms with E-state index in [0.717, 1.165) is 13.0 Å². The maximum atomic E-state index is 10.7. The van der Waals surface area contributed by atoms with E-state index in [1.165, 1.54) is 0 Å². The molecule has 1 aliphatic heterocycles. The van der Waals surface area contributed by atoms with Crippen molar-refractivity contribution in [3.05, 3.63) is 0 Å². The molecule has 0 saturated carbocycles. The van der Waals surface area contributed by atoms with E-state index in [4.69, 9.17) is 16.3 Å². The Morgan fingerprint density at radius 1 is 1.80 bits per heavy atom. The number of ether oxygens (including phenoxy) is 1. The summed E-state index contributed by atoms with van der Waals surface area (Å²) in [5.41, 5.74) is 0. The van der Waals surface area contributed by atoms with E-state index >= 15 is 0 Å². The number of terminal acetylenes is 1. The van der Waals surface area contributed by atoms with Gasteiger partial charge in [0.05, 0.1) is 19.7 Å². The zero-order valence-corrected chi connectivity index (χ0v) is 8.98. The minimum absolute atomic E-state index is 0.00185. The Labute approximate surface area is 90.2 Å². The second kappa shape index (κ2) is 5.74. The van der Waals surface area contributed by atoms with Gasteiger partial charge < -0.3 is 9.84 Å². The summed E-state index contributed by atoms with van der Waals surface area (Å²) < 4.78 is 5.29. The summed E-state index contributed by atoms with van der Waals surface area (Å²) >= 11 is 0. The summed E-state index contributed by atoms with van der Waals surface area (Å²) in [5, 5.41) is 8.76. The van der Waals surface area contributed by atoms with E-state index in [9.17, 15) is 4.79 Å². The predicted octanol–water partition coefficient (Wildman–Crippen LogP) is 0.431. The van der Waals surface area contributed by atoms with Crippen LogP contribution >= 0.6 is 0 Å². The van der Waals surface area contributed by atoms with Gasteiger partial charge in [-0.2, -0.15) is 0 Å². The number of carboxylic acid groups (broad SMARTS) is 1. The van der Waals surface area contributed by atoms with Gasteiger partial charge in [0.25, 0.3) is 0 Å². The van der Waals surface area contributed by atoms with Crippen molar-refractivity contribution in [3.8, 4) is 12.3 Å². The maximum absolute atomic E-state index is 10.7. The predicted molar refractivity (Wildman–Crippen MR) is 56.4 cm³/mol. The molecule has 0 bridgehead atoms. The smallest absolute Gasteiger partial charge is 0.317 e. The summed E-state index contributed by atoms with van der Waals surface area (Å²) in [6.45, 7) is 3.87. The van der Waals surface area contributed by atoms with Crippen LogP contribution in [0.4, 0.5) is 0 Å².